The second-order valence-corrected chi connectivity index (χ2v) is 5.75. The molecule has 1 aliphatic carbocycles. The standard InChI is InChI=1S/C15H24N2O/c1-12-5-4-8-15(9-12,11-16)10-13-6-3-7-14(17-13)18-2/h3,6-7,12H,4-5,8-11,16H2,1-2H3. The summed E-state index contributed by atoms with van der Waals surface area (Å²) in [6, 6.07) is 5.99. The Morgan fingerprint density at radius 2 is 2.33 bits per heavy atom. The number of pyridine rings is 1. The minimum atomic E-state index is 0.247. The van der Waals surface area contributed by atoms with E-state index in [2.05, 4.69) is 18.0 Å². The van der Waals surface area contributed by atoms with Gasteiger partial charge in [0, 0.05) is 11.8 Å². The number of hydrogen-bond donors (Lipinski definition) is 1. The van der Waals surface area contributed by atoms with Gasteiger partial charge in [0.05, 0.1) is 7.11 Å². The van der Waals surface area contributed by atoms with E-state index in [1.54, 1.807) is 7.11 Å². The van der Waals surface area contributed by atoms with Crippen molar-refractivity contribution in [1.29, 1.82) is 0 Å². The van der Waals surface area contributed by atoms with E-state index >= 15 is 0 Å². The summed E-state index contributed by atoms with van der Waals surface area (Å²) in [5.74, 6) is 1.48. The predicted octanol–water partition coefficient (Wildman–Crippen LogP) is 2.79. The van der Waals surface area contributed by atoms with E-state index in [1.165, 1.54) is 25.7 Å². The first-order valence-corrected chi connectivity index (χ1v) is 6.87. The summed E-state index contributed by atoms with van der Waals surface area (Å²) < 4.78 is 5.19. The summed E-state index contributed by atoms with van der Waals surface area (Å²) in [7, 11) is 1.66. The molecule has 2 atom stereocenters. The van der Waals surface area contributed by atoms with Crippen LogP contribution in [-0.2, 0) is 6.42 Å². The molecule has 0 radical (unpaired) electrons. The zero-order valence-corrected chi connectivity index (χ0v) is 11.5. The average molecular weight is 248 g/mol. The first-order valence-electron chi connectivity index (χ1n) is 6.87. The van der Waals surface area contributed by atoms with E-state index < -0.39 is 0 Å². The van der Waals surface area contributed by atoms with Crippen molar-refractivity contribution < 1.29 is 4.74 Å². The van der Waals surface area contributed by atoms with Crippen molar-refractivity contribution in [2.24, 2.45) is 17.1 Å². The summed E-state index contributed by atoms with van der Waals surface area (Å²) in [5, 5.41) is 0. The van der Waals surface area contributed by atoms with Gasteiger partial charge in [-0.1, -0.05) is 25.8 Å². The molecule has 1 aromatic heterocycles. The van der Waals surface area contributed by atoms with Gasteiger partial charge in [0.15, 0.2) is 0 Å². The second-order valence-electron chi connectivity index (χ2n) is 5.75. The van der Waals surface area contributed by atoms with E-state index in [0.717, 1.165) is 24.6 Å². The van der Waals surface area contributed by atoms with Gasteiger partial charge in [-0.05, 0) is 43.2 Å². The molecule has 0 bridgehead atoms. The summed E-state index contributed by atoms with van der Waals surface area (Å²) in [4.78, 5) is 4.53. The second kappa shape index (κ2) is 5.70. The predicted molar refractivity (Wildman–Crippen MR) is 73.6 cm³/mol. The molecule has 2 rings (SSSR count). The molecule has 2 N–H and O–H groups in total. The van der Waals surface area contributed by atoms with Crippen molar-refractivity contribution in [1.82, 2.24) is 4.98 Å². The fourth-order valence-corrected chi connectivity index (χ4v) is 3.24. The summed E-state index contributed by atoms with van der Waals surface area (Å²) in [5.41, 5.74) is 7.41. The molecule has 0 aromatic carbocycles. The molecule has 2 unspecified atom stereocenters. The number of rotatable bonds is 4. The van der Waals surface area contributed by atoms with Crippen molar-refractivity contribution in [3.8, 4) is 5.88 Å². The van der Waals surface area contributed by atoms with Crippen LogP contribution in [0.4, 0.5) is 0 Å². The first-order chi connectivity index (χ1) is 8.67. The minimum absolute atomic E-state index is 0.247. The van der Waals surface area contributed by atoms with Gasteiger partial charge in [0.1, 0.15) is 0 Å². The molecule has 3 nitrogen and oxygen atoms in total. The lowest BCUT2D eigenvalue weighted by Gasteiger charge is -2.39. The van der Waals surface area contributed by atoms with Gasteiger partial charge in [-0.2, -0.15) is 0 Å². The van der Waals surface area contributed by atoms with Crippen LogP contribution < -0.4 is 10.5 Å². The third-order valence-electron chi connectivity index (χ3n) is 4.16. The van der Waals surface area contributed by atoms with Gasteiger partial charge in [-0.3, -0.25) is 0 Å². The van der Waals surface area contributed by atoms with Crippen LogP contribution in [0.5, 0.6) is 5.88 Å². The van der Waals surface area contributed by atoms with E-state index in [4.69, 9.17) is 10.5 Å². The fourth-order valence-electron chi connectivity index (χ4n) is 3.24. The summed E-state index contributed by atoms with van der Waals surface area (Å²) in [6.45, 7) is 3.10. The van der Waals surface area contributed by atoms with Gasteiger partial charge in [-0.15, -0.1) is 0 Å². The number of aromatic nitrogens is 1. The molecular formula is C15H24N2O. The van der Waals surface area contributed by atoms with E-state index in [0.29, 0.717) is 5.88 Å². The Balaban J connectivity index is 2.13. The van der Waals surface area contributed by atoms with Gasteiger partial charge >= 0.3 is 0 Å². The highest BCUT2D eigenvalue weighted by molar-refractivity contribution is 5.17. The SMILES string of the molecule is COc1cccc(CC2(CN)CCCC(C)C2)n1. The molecule has 0 spiro atoms. The van der Waals surface area contributed by atoms with Crippen LogP contribution in [0.1, 0.15) is 38.3 Å². The molecule has 3 heteroatoms. The highest BCUT2D eigenvalue weighted by Gasteiger charge is 2.34. The quantitative estimate of drug-likeness (QED) is 0.891. The zero-order chi connectivity index (χ0) is 13.0. The third kappa shape index (κ3) is 3.02. The molecule has 100 valence electrons. The van der Waals surface area contributed by atoms with Gasteiger partial charge < -0.3 is 10.5 Å². The van der Waals surface area contributed by atoms with Crippen LogP contribution >= 0.6 is 0 Å². The minimum Gasteiger partial charge on any atom is -0.481 e. The first kappa shape index (κ1) is 13.3. The normalized spacial score (nSPS) is 28.1. The highest BCUT2D eigenvalue weighted by atomic mass is 16.5. The van der Waals surface area contributed by atoms with Crippen LogP contribution in [0.2, 0.25) is 0 Å². The van der Waals surface area contributed by atoms with Crippen molar-refractivity contribution in [2.45, 2.75) is 39.0 Å². The van der Waals surface area contributed by atoms with Crippen LogP contribution in [-0.4, -0.2) is 18.6 Å². The molecular weight excluding hydrogens is 224 g/mol. The van der Waals surface area contributed by atoms with Gasteiger partial charge in [0.2, 0.25) is 5.88 Å². The topological polar surface area (TPSA) is 48.1 Å². The van der Waals surface area contributed by atoms with E-state index in [9.17, 15) is 0 Å². The Hall–Kier alpha value is -1.09. The van der Waals surface area contributed by atoms with Crippen molar-refractivity contribution in [3.05, 3.63) is 23.9 Å². The molecule has 1 saturated carbocycles. The van der Waals surface area contributed by atoms with Gasteiger partial charge in [0.25, 0.3) is 0 Å². The molecule has 0 aliphatic heterocycles. The fraction of sp³-hybridized carbons (Fsp3) is 0.667. The number of hydrogen-bond acceptors (Lipinski definition) is 3. The lowest BCUT2D eigenvalue weighted by molar-refractivity contribution is 0.152. The van der Waals surface area contributed by atoms with Crippen LogP contribution in [0.15, 0.2) is 18.2 Å². The lowest BCUT2D eigenvalue weighted by Crippen LogP contribution is -2.37. The Morgan fingerprint density at radius 1 is 1.50 bits per heavy atom. The molecule has 1 heterocycles. The van der Waals surface area contributed by atoms with E-state index in [-0.39, 0.29) is 5.41 Å². The molecule has 1 aliphatic rings. The summed E-state index contributed by atoms with van der Waals surface area (Å²) >= 11 is 0. The zero-order valence-electron chi connectivity index (χ0n) is 11.5. The van der Waals surface area contributed by atoms with Crippen LogP contribution in [0.3, 0.4) is 0 Å². The Morgan fingerprint density at radius 3 is 3.00 bits per heavy atom. The van der Waals surface area contributed by atoms with Crippen LogP contribution in [0, 0.1) is 11.3 Å². The Bertz CT molecular complexity index is 394. The molecule has 1 aromatic rings. The third-order valence-corrected chi connectivity index (χ3v) is 4.16. The van der Waals surface area contributed by atoms with Crippen molar-refractivity contribution in [2.75, 3.05) is 13.7 Å². The Labute approximate surface area is 110 Å². The van der Waals surface area contributed by atoms with Crippen molar-refractivity contribution >= 4 is 0 Å². The van der Waals surface area contributed by atoms with Crippen molar-refractivity contribution in [3.63, 3.8) is 0 Å². The maximum Gasteiger partial charge on any atom is 0.213 e. The number of nitrogens with zero attached hydrogens (tertiary/aromatic N) is 1. The molecule has 18 heavy (non-hydrogen) atoms. The highest BCUT2D eigenvalue weighted by Crippen LogP contribution is 2.40. The lowest BCUT2D eigenvalue weighted by atomic mass is 9.67. The molecule has 1 fully saturated rings. The molecule has 0 amide bonds. The van der Waals surface area contributed by atoms with E-state index in [1.807, 2.05) is 12.1 Å². The number of nitrogens with two attached hydrogens (primary N) is 1. The van der Waals surface area contributed by atoms with Crippen LogP contribution in [0.25, 0.3) is 0 Å². The maximum absolute atomic E-state index is 6.06. The number of methoxy groups -OCH3 is 1. The largest absolute Gasteiger partial charge is 0.481 e. The molecule has 0 saturated heterocycles. The average Bonchev–Trinajstić information content (AvgIpc) is 2.39. The monoisotopic (exact) mass is 248 g/mol. The number of ether oxygens (including phenoxy) is 1. The summed E-state index contributed by atoms with van der Waals surface area (Å²) in [6.07, 6.45) is 6.07. The smallest absolute Gasteiger partial charge is 0.213 e. The van der Waals surface area contributed by atoms with Gasteiger partial charge in [-0.25, -0.2) is 4.98 Å². The Kier molecular flexibility index (Phi) is 4.23. The maximum atomic E-state index is 6.06.